The molecule has 5 nitrogen and oxygen atoms in total. The predicted molar refractivity (Wildman–Crippen MR) is 78.7 cm³/mol. The summed E-state index contributed by atoms with van der Waals surface area (Å²) in [6, 6.07) is 7.20. The smallest absolute Gasteiger partial charge is 0.241 e. The molecular weight excluding hydrogens is 276 g/mol. The van der Waals surface area contributed by atoms with Crippen molar-refractivity contribution in [1.29, 1.82) is 0 Å². The van der Waals surface area contributed by atoms with Crippen LogP contribution in [0, 0.1) is 5.92 Å². The maximum Gasteiger partial charge on any atom is 0.241 e. The molecule has 0 aliphatic rings. The maximum atomic E-state index is 12.0. The fourth-order valence-electron chi connectivity index (χ4n) is 1.59. The lowest BCUT2D eigenvalue weighted by molar-refractivity contribution is -0.122. The molecule has 2 N–H and O–H groups in total. The number of amides is 1. The first-order valence-electron chi connectivity index (χ1n) is 6.68. The molecule has 0 saturated carbocycles. The molecule has 20 heavy (non-hydrogen) atoms. The van der Waals surface area contributed by atoms with Crippen molar-refractivity contribution in [2.45, 2.75) is 38.1 Å². The SMILES string of the molecule is CC(C)CCNC(=O)[C@H](C)NS(=O)(=O)c1ccccc1. The molecule has 0 aliphatic carbocycles. The van der Waals surface area contributed by atoms with Crippen molar-refractivity contribution in [2.75, 3.05) is 6.54 Å². The molecule has 0 fully saturated rings. The largest absolute Gasteiger partial charge is 0.355 e. The lowest BCUT2D eigenvalue weighted by atomic mass is 10.1. The highest BCUT2D eigenvalue weighted by Gasteiger charge is 2.21. The van der Waals surface area contributed by atoms with E-state index in [1.54, 1.807) is 18.2 Å². The van der Waals surface area contributed by atoms with Crippen molar-refractivity contribution < 1.29 is 13.2 Å². The van der Waals surface area contributed by atoms with Crippen molar-refractivity contribution in [2.24, 2.45) is 5.92 Å². The number of hydrogen-bond acceptors (Lipinski definition) is 3. The fraction of sp³-hybridized carbons (Fsp3) is 0.500. The van der Waals surface area contributed by atoms with Gasteiger partial charge in [0.15, 0.2) is 0 Å². The van der Waals surface area contributed by atoms with E-state index in [4.69, 9.17) is 0 Å². The summed E-state index contributed by atoms with van der Waals surface area (Å²) < 4.78 is 26.4. The van der Waals surface area contributed by atoms with Crippen LogP contribution in [-0.4, -0.2) is 26.9 Å². The Bertz CT molecular complexity index is 527. The Balaban J connectivity index is 2.57. The van der Waals surface area contributed by atoms with Crippen LogP contribution in [0.1, 0.15) is 27.2 Å². The second-order valence-electron chi connectivity index (χ2n) is 5.13. The maximum absolute atomic E-state index is 12.0. The van der Waals surface area contributed by atoms with Crippen molar-refractivity contribution in [1.82, 2.24) is 10.0 Å². The van der Waals surface area contributed by atoms with Gasteiger partial charge in [-0.2, -0.15) is 4.72 Å². The van der Waals surface area contributed by atoms with Crippen molar-refractivity contribution in [3.63, 3.8) is 0 Å². The fourth-order valence-corrected chi connectivity index (χ4v) is 2.82. The van der Waals surface area contributed by atoms with Gasteiger partial charge >= 0.3 is 0 Å². The van der Waals surface area contributed by atoms with Crippen LogP contribution in [-0.2, 0) is 14.8 Å². The van der Waals surface area contributed by atoms with Crippen LogP contribution in [0.25, 0.3) is 0 Å². The Hall–Kier alpha value is -1.40. The van der Waals surface area contributed by atoms with Gasteiger partial charge < -0.3 is 5.32 Å². The summed E-state index contributed by atoms with van der Waals surface area (Å²) in [5, 5.41) is 2.72. The Morgan fingerprint density at radius 3 is 2.30 bits per heavy atom. The highest BCUT2D eigenvalue weighted by Crippen LogP contribution is 2.08. The highest BCUT2D eigenvalue weighted by molar-refractivity contribution is 7.89. The number of carbonyl (C=O) groups is 1. The predicted octanol–water partition coefficient (Wildman–Crippen LogP) is 1.52. The van der Waals surface area contributed by atoms with E-state index < -0.39 is 16.1 Å². The third-order valence-corrected chi connectivity index (χ3v) is 4.36. The van der Waals surface area contributed by atoms with Gasteiger partial charge in [-0.25, -0.2) is 8.42 Å². The molecule has 0 bridgehead atoms. The molecule has 0 aliphatic heterocycles. The molecule has 1 amide bonds. The van der Waals surface area contributed by atoms with Crippen LogP contribution < -0.4 is 10.0 Å². The Morgan fingerprint density at radius 1 is 1.15 bits per heavy atom. The van der Waals surface area contributed by atoms with E-state index in [9.17, 15) is 13.2 Å². The van der Waals surface area contributed by atoms with Crippen molar-refractivity contribution >= 4 is 15.9 Å². The molecule has 0 heterocycles. The molecule has 0 unspecified atom stereocenters. The number of carbonyl (C=O) groups excluding carboxylic acids is 1. The van der Waals surface area contributed by atoms with Gasteiger partial charge in [-0.05, 0) is 31.4 Å². The van der Waals surface area contributed by atoms with E-state index in [-0.39, 0.29) is 10.8 Å². The first-order chi connectivity index (χ1) is 9.33. The molecule has 0 saturated heterocycles. The molecule has 1 aromatic rings. The molecule has 1 rings (SSSR count). The van der Waals surface area contributed by atoms with Gasteiger partial charge in [-0.1, -0.05) is 32.0 Å². The second-order valence-corrected chi connectivity index (χ2v) is 6.84. The van der Waals surface area contributed by atoms with Gasteiger partial charge in [0.05, 0.1) is 10.9 Å². The third kappa shape index (κ3) is 5.30. The Kier molecular flexibility index (Phi) is 6.16. The number of sulfonamides is 1. The summed E-state index contributed by atoms with van der Waals surface area (Å²) in [7, 11) is -3.66. The topological polar surface area (TPSA) is 75.3 Å². The van der Waals surface area contributed by atoms with Crippen LogP contribution in [0.15, 0.2) is 35.2 Å². The highest BCUT2D eigenvalue weighted by atomic mass is 32.2. The van der Waals surface area contributed by atoms with Crippen molar-refractivity contribution in [3.8, 4) is 0 Å². The minimum Gasteiger partial charge on any atom is -0.355 e. The Labute approximate surface area is 120 Å². The molecule has 0 aromatic heterocycles. The number of nitrogens with one attached hydrogen (secondary N) is 2. The van der Waals surface area contributed by atoms with Crippen LogP contribution >= 0.6 is 0 Å². The van der Waals surface area contributed by atoms with Gasteiger partial charge in [0.1, 0.15) is 0 Å². The van der Waals surface area contributed by atoms with Crippen LogP contribution in [0.5, 0.6) is 0 Å². The van der Waals surface area contributed by atoms with E-state index in [0.717, 1.165) is 6.42 Å². The molecule has 1 atom stereocenters. The second kappa shape index (κ2) is 7.40. The molecule has 112 valence electrons. The van der Waals surface area contributed by atoms with Gasteiger partial charge in [-0.15, -0.1) is 0 Å². The summed E-state index contributed by atoms with van der Waals surface area (Å²) >= 11 is 0. The molecule has 1 aromatic carbocycles. The number of rotatable bonds is 7. The lowest BCUT2D eigenvalue weighted by Crippen LogP contribution is -2.45. The molecule has 0 radical (unpaired) electrons. The quantitative estimate of drug-likeness (QED) is 0.801. The molecule has 0 spiro atoms. The Morgan fingerprint density at radius 2 is 1.75 bits per heavy atom. The lowest BCUT2D eigenvalue weighted by Gasteiger charge is -2.15. The summed E-state index contributed by atoms with van der Waals surface area (Å²) in [4.78, 5) is 11.9. The summed E-state index contributed by atoms with van der Waals surface area (Å²) in [5.41, 5.74) is 0. The van der Waals surface area contributed by atoms with E-state index in [1.165, 1.54) is 19.1 Å². The van der Waals surface area contributed by atoms with E-state index in [0.29, 0.717) is 12.5 Å². The van der Waals surface area contributed by atoms with E-state index >= 15 is 0 Å². The molecular formula is C14H22N2O3S. The molecule has 6 heteroatoms. The monoisotopic (exact) mass is 298 g/mol. The third-order valence-electron chi connectivity index (χ3n) is 2.80. The summed E-state index contributed by atoms with van der Waals surface area (Å²) in [6.45, 7) is 6.21. The van der Waals surface area contributed by atoms with E-state index in [2.05, 4.69) is 23.9 Å². The van der Waals surface area contributed by atoms with Crippen molar-refractivity contribution in [3.05, 3.63) is 30.3 Å². The number of hydrogen-bond donors (Lipinski definition) is 2. The zero-order valence-electron chi connectivity index (χ0n) is 12.1. The summed E-state index contributed by atoms with van der Waals surface area (Å²) in [6.07, 6.45) is 0.865. The first kappa shape index (κ1) is 16.7. The van der Waals surface area contributed by atoms with Crippen LogP contribution in [0.2, 0.25) is 0 Å². The minimum atomic E-state index is -3.66. The standard InChI is InChI=1S/C14H22N2O3S/c1-11(2)9-10-15-14(17)12(3)16-20(18,19)13-7-5-4-6-8-13/h4-8,11-12,16H,9-10H2,1-3H3,(H,15,17)/t12-/m0/s1. The zero-order chi connectivity index (χ0) is 15.2. The van der Waals surface area contributed by atoms with Gasteiger partial charge in [-0.3, -0.25) is 4.79 Å². The van der Waals surface area contributed by atoms with Gasteiger partial charge in [0, 0.05) is 6.54 Å². The minimum absolute atomic E-state index is 0.154. The normalized spacial score (nSPS) is 13.2. The number of benzene rings is 1. The zero-order valence-corrected chi connectivity index (χ0v) is 12.9. The first-order valence-corrected chi connectivity index (χ1v) is 8.16. The van der Waals surface area contributed by atoms with Crippen LogP contribution in [0.3, 0.4) is 0 Å². The average molecular weight is 298 g/mol. The average Bonchev–Trinajstić information content (AvgIpc) is 2.38. The summed E-state index contributed by atoms with van der Waals surface area (Å²) in [5.74, 6) is 0.178. The van der Waals surface area contributed by atoms with Crippen LogP contribution in [0.4, 0.5) is 0 Å². The van der Waals surface area contributed by atoms with E-state index in [1.807, 2.05) is 0 Å². The van der Waals surface area contributed by atoms with Gasteiger partial charge in [0.25, 0.3) is 0 Å². The van der Waals surface area contributed by atoms with Gasteiger partial charge in [0.2, 0.25) is 15.9 Å².